The van der Waals surface area contributed by atoms with Crippen molar-refractivity contribution >= 4 is 18.3 Å². The smallest absolute Gasteiger partial charge is 0.241 e. The number of piperidine rings is 1. The van der Waals surface area contributed by atoms with Gasteiger partial charge in [-0.3, -0.25) is 10.2 Å². The molecule has 0 aliphatic carbocycles. The Kier molecular flexibility index (Phi) is 4.87. The fourth-order valence-electron chi connectivity index (χ4n) is 3.87. The van der Waals surface area contributed by atoms with Gasteiger partial charge in [0.2, 0.25) is 5.91 Å². The number of hydrogen-bond acceptors (Lipinski definition) is 4. The number of fused-ring (bicyclic) bond motifs is 2. The largest absolute Gasteiger partial charge is 0.337 e. The summed E-state index contributed by atoms with van der Waals surface area (Å²) in [7, 11) is 0. The zero-order valence-corrected chi connectivity index (χ0v) is 13.7. The summed E-state index contributed by atoms with van der Waals surface area (Å²) < 4.78 is 13.4. The molecule has 0 bridgehead atoms. The highest BCUT2D eigenvalue weighted by atomic mass is 35.5. The predicted octanol–water partition coefficient (Wildman–Crippen LogP) is 0.587. The summed E-state index contributed by atoms with van der Waals surface area (Å²) in [5, 5.41) is 3.37. The first-order valence-corrected chi connectivity index (χ1v) is 8.00. The minimum atomic E-state index is -0.231. The zero-order valence-electron chi connectivity index (χ0n) is 12.8. The average Bonchev–Trinajstić information content (AvgIpc) is 2.97. The second kappa shape index (κ2) is 6.73. The molecule has 0 spiro atoms. The minimum Gasteiger partial charge on any atom is -0.337 e. The van der Waals surface area contributed by atoms with E-state index in [2.05, 4.69) is 16.2 Å². The molecule has 2 saturated heterocycles. The van der Waals surface area contributed by atoms with E-state index >= 15 is 0 Å². The molecule has 5 nitrogen and oxygen atoms in total. The molecule has 1 aromatic rings. The standard InChI is InChI=1S/C16H21FN4O.ClH/c17-12-2-1-10-4-6-21(9-11(10)7-12)16(22)15-13-8-18-5-3-14(13)19-20-15;/h1-2,7,13-15,18-20H,3-6,8-9H2;1H. The van der Waals surface area contributed by atoms with Crippen LogP contribution in [0.5, 0.6) is 0 Å². The van der Waals surface area contributed by atoms with Crippen molar-refractivity contribution in [1.82, 2.24) is 21.1 Å². The van der Waals surface area contributed by atoms with Crippen molar-refractivity contribution in [1.29, 1.82) is 0 Å². The molecule has 0 saturated carbocycles. The molecular weight excluding hydrogens is 319 g/mol. The Bertz CT molecular complexity index is 599. The van der Waals surface area contributed by atoms with Crippen LogP contribution in [0.1, 0.15) is 17.5 Å². The van der Waals surface area contributed by atoms with Crippen LogP contribution in [0.25, 0.3) is 0 Å². The predicted molar refractivity (Wildman–Crippen MR) is 87.6 cm³/mol. The Morgan fingerprint density at radius 2 is 2.13 bits per heavy atom. The van der Waals surface area contributed by atoms with Crippen molar-refractivity contribution in [2.45, 2.75) is 31.5 Å². The number of hydrogen-bond donors (Lipinski definition) is 3. The van der Waals surface area contributed by atoms with E-state index in [1.807, 2.05) is 11.0 Å². The molecule has 2 fully saturated rings. The van der Waals surface area contributed by atoms with Crippen molar-refractivity contribution < 1.29 is 9.18 Å². The van der Waals surface area contributed by atoms with Gasteiger partial charge in [-0.2, -0.15) is 0 Å². The number of halogens is 2. The SMILES string of the molecule is Cl.O=C(C1NNC2CCNCC21)N1CCc2ccc(F)cc2C1. The molecule has 3 N–H and O–H groups in total. The zero-order chi connectivity index (χ0) is 15.1. The lowest BCUT2D eigenvalue weighted by atomic mass is 9.88. The first kappa shape index (κ1) is 16.6. The van der Waals surface area contributed by atoms with Gasteiger partial charge in [0, 0.05) is 31.6 Å². The van der Waals surface area contributed by atoms with Gasteiger partial charge in [0.05, 0.1) is 0 Å². The van der Waals surface area contributed by atoms with Crippen LogP contribution in [-0.2, 0) is 17.8 Å². The monoisotopic (exact) mass is 340 g/mol. The number of benzene rings is 1. The lowest BCUT2D eigenvalue weighted by Gasteiger charge is -2.33. The van der Waals surface area contributed by atoms with Gasteiger partial charge in [-0.15, -0.1) is 12.4 Å². The molecule has 1 aromatic carbocycles. The number of hydrazine groups is 1. The van der Waals surface area contributed by atoms with Crippen molar-refractivity contribution in [2.75, 3.05) is 19.6 Å². The van der Waals surface area contributed by atoms with E-state index in [0.717, 1.165) is 37.1 Å². The van der Waals surface area contributed by atoms with Crippen LogP contribution in [0.15, 0.2) is 18.2 Å². The van der Waals surface area contributed by atoms with Gasteiger partial charge in [0.15, 0.2) is 0 Å². The molecule has 23 heavy (non-hydrogen) atoms. The summed E-state index contributed by atoms with van der Waals surface area (Å²) in [6, 6.07) is 5.07. The number of carbonyl (C=O) groups is 1. The van der Waals surface area contributed by atoms with Crippen molar-refractivity contribution in [3.63, 3.8) is 0 Å². The van der Waals surface area contributed by atoms with Crippen molar-refractivity contribution in [3.8, 4) is 0 Å². The minimum absolute atomic E-state index is 0. The molecule has 4 rings (SSSR count). The van der Waals surface area contributed by atoms with Crippen LogP contribution in [0, 0.1) is 11.7 Å². The van der Waals surface area contributed by atoms with E-state index in [4.69, 9.17) is 0 Å². The number of amides is 1. The van der Waals surface area contributed by atoms with Crippen LogP contribution in [0.2, 0.25) is 0 Å². The van der Waals surface area contributed by atoms with Gasteiger partial charge in [-0.25, -0.2) is 9.82 Å². The Morgan fingerprint density at radius 3 is 3.00 bits per heavy atom. The second-order valence-electron chi connectivity index (χ2n) is 6.45. The third-order valence-electron chi connectivity index (χ3n) is 5.14. The highest BCUT2D eigenvalue weighted by Crippen LogP contribution is 2.25. The number of nitrogens with zero attached hydrogens (tertiary/aromatic N) is 1. The molecule has 3 heterocycles. The molecule has 3 aliphatic rings. The molecular formula is C16H22ClFN4O. The van der Waals surface area contributed by atoms with Crippen LogP contribution in [0.4, 0.5) is 4.39 Å². The Labute approximate surface area is 141 Å². The average molecular weight is 341 g/mol. The van der Waals surface area contributed by atoms with Gasteiger partial charge in [-0.05, 0) is 42.6 Å². The second-order valence-corrected chi connectivity index (χ2v) is 6.45. The van der Waals surface area contributed by atoms with Gasteiger partial charge in [0.25, 0.3) is 0 Å². The van der Waals surface area contributed by atoms with E-state index in [0.29, 0.717) is 19.1 Å². The highest BCUT2D eigenvalue weighted by molar-refractivity contribution is 5.85. The van der Waals surface area contributed by atoms with Crippen molar-refractivity contribution in [2.24, 2.45) is 5.92 Å². The molecule has 1 amide bonds. The molecule has 0 radical (unpaired) electrons. The number of rotatable bonds is 1. The molecule has 3 aliphatic heterocycles. The highest BCUT2D eigenvalue weighted by Gasteiger charge is 2.42. The third kappa shape index (κ3) is 3.08. The summed E-state index contributed by atoms with van der Waals surface area (Å²) >= 11 is 0. The summed E-state index contributed by atoms with van der Waals surface area (Å²) in [5.41, 5.74) is 8.52. The Balaban J connectivity index is 0.00000156. The molecule has 3 unspecified atom stereocenters. The number of carbonyl (C=O) groups excluding carboxylic acids is 1. The fourth-order valence-corrected chi connectivity index (χ4v) is 3.87. The normalized spacial score (nSPS) is 29.4. The van der Waals surface area contributed by atoms with Crippen molar-refractivity contribution in [3.05, 3.63) is 35.1 Å². The first-order chi connectivity index (χ1) is 10.7. The lowest BCUT2D eigenvalue weighted by molar-refractivity contribution is -0.135. The summed E-state index contributed by atoms with van der Waals surface area (Å²) in [6.45, 7) is 3.07. The molecule has 7 heteroatoms. The van der Waals surface area contributed by atoms with Gasteiger partial charge in [0.1, 0.15) is 11.9 Å². The summed E-state index contributed by atoms with van der Waals surface area (Å²) in [4.78, 5) is 14.7. The van der Waals surface area contributed by atoms with Crippen LogP contribution < -0.4 is 16.2 Å². The summed E-state index contributed by atoms with van der Waals surface area (Å²) in [5.74, 6) is 0.180. The van der Waals surface area contributed by atoms with Crippen LogP contribution in [-0.4, -0.2) is 42.5 Å². The molecule has 3 atom stereocenters. The van der Waals surface area contributed by atoms with E-state index in [9.17, 15) is 9.18 Å². The Hall–Kier alpha value is -1.21. The maximum atomic E-state index is 13.4. The maximum absolute atomic E-state index is 13.4. The summed E-state index contributed by atoms with van der Waals surface area (Å²) in [6.07, 6.45) is 1.84. The van der Waals surface area contributed by atoms with Gasteiger partial charge in [-0.1, -0.05) is 6.07 Å². The molecule has 0 aromatic heterocycles. The van der Waals surface area contributed by atoms with E-state index < -0.39 is 0 Å². The lowest BCUT2D eigenvalue weighted by Crippen LogP contribution is -2.51. The van der Waals surface area contributed by atoms with E-state index in [-0.39, 0.29) is 36.1 Å². The first-order valence-electron chi connectivity index (χ1n) is 8.00. The van der Waals surface area contributed by atoms with E-state index in [1.54, 1.807) is 6.07 Å². The third-order valence-corrected chi connectivity index (χ3v) is 5.14. The van der Waals surface area contributed by atoms with Crippen LogP contribution in [0.3, 0.4) is 0 Å². The van der Waals surface area contributed by atoms with E-state index in [1.165, 1.54) is 6.07 Å². The number of nitrogens with one attached hydrogen (secondary N) is 3. The maximum Gasteiger partial charge on any atom is 0.241 e. The fraction of sp³-hybridized carbons (Fsp3) is 0.562. The topological polar surface area (TPSA) is 56.4 Å². The Morgan fingerprint density at radius 1 is 1.26 bits per heavy atom. The molecule has 126 valence electrons. The van der Waals surface area contributed by atoms with Crippen LogP contribution >= 0.6 is 12.4 Å². The quantitative estimate of drug-likeness (QED) is 0.700. The van der Waals surface area contributed by atoms with Gasteiger partial charge < -0.3 is 10.2 Å². The van der Waals surface area contributed by atoms with Gasteiger partial charge >= 0.3 is 0 Å².